The van der Waals surface area contributed by atoms with E-state index in [1.54, 1.807) is 11.3 Å². The Morgan fingerprint density at radius 2 is 2.32 bits per heavy atom. The largest absolute Gasteiger partial charge is 0.466 e. The van der Waals surface area contributed by atoms with Crippen molar-refractivity contribution in [3.8, 4) is 0 Å². The van der Waals surface area contributed by atoms with Gasteiger partial charge in [0, 0.05) is 11.9 Å². The van der Waals surface area contributed by atoms with Crippen LogP contribution in [0.15, 0.2) is 5.38 Å². The van der Waals surface area contributed by atoms with Crippen molar-refractivity contribution in [1.29, 1.82) is 0 Å². The Bertz CT molecular complexity index is 400. The summed E-state index contributed by atoms with van der Waals surface area (Å²) in [5.74, 6) is 0.691. The maximum atomic E-state index is 11.3. The lowest BCUT2D eigenvalue weighted by Gasteiger charge is -2.08. The number of anilines is 1. The Labute approximate surface area is 118 Å². The van der Waals surface area contributed by atoms with E-state index in [-0.39, 0.29) is 12.4 Å². The Balaban J connectivity index is 1.69. The summed E-state index contributed by atoms with van der Waals surface area (Å²) in [7, 11) is 0. The van der Waals surface area contributed by atoms with Crippen LogP contribution in [-0.4, -0.2) is 24.1 Å². The van der Waals surface area contributed by atoms with E-state index in [1.165, 1.54) is 32.1 Å². The molecule has 5 heteroatoms. The summed E-state index contributed by atoms with van der Waals surface area (Å²) in [5, 5.41) is 6.19. The van der Waals surface area contributed by atoms with Crippen molar-refractivity contribution in [2.45, 2.75) is 45.4 Å². The highest BCUT2D eigenvalue weighted by Gasteiger charge is 2.14. The van der Waals surface area contributed by atoms with E-state index in [0.717, 1.165) is 23.3 Å². The van der Waals surface area contributed by atoms with Gasteiger partial charge < -0.3 is 10.1 Å². The van der Waals surface area contributed by atoms with Crippen LogP contribution in [0.1, 0.15) is 44.7 Å². The first-order valence-corrected chi connectivity index (χ1v) is 7.99. The molecule has 19 heavy (non-hydrogen) atoms. The van der Waals surface area contributed by atoms with Crippen molar-refractivity contribution in [1.82, 2.24) is 4.98 Å². The number of rotatable bonds is 7. The zero-order chi connectivity index (χ0) is 13.5. The predicted octanol–water partition coefficient (Wildman–Crippen LogP) is 3.24. The summed E-state index contributed by atoms with van der Waals surface area (Å²) >= 11 is 1.56. The van der Waals surface area contributed by atoms with Crippen molar-refractivity contribution < 1.29 is 9.53 Å². The van der Waals surface area contributed by atoms with Crippen molar-refractivity contribution in [2.75, 3.05) is 18.5 Å². The van der Waals surface area contributed by atoms with E-state index in [4.69, 9.17) is 4.74 Å². The van der Waals surface area contributed by atoms with Crippen LogP contribution in [0.2, 0.25) is 0 Å². The molecule has 1 heterocycles. The minimum Gasteiger partial charge on any atom is -0.466 e. The number of nitrogens with zero attached hydrogens (tertiary/aromatic N) is 1. The van der Waals surface area contributed by atoms with Crippen LogP contribution in [0.5, 0.6) is 0 Å². The summed E-state index contributed by atoms with van der Waals surface area (Å²) in [6.07, 6.45) is 7.06. The quantitative estimate of drug-likeness (QED) is 0.780. The average molecular weight is 282 g/mol. The highest BCUT2D eigenvalue weighted by Crippen LogP contribution is 2.27. The molecule has 1 aromatic rings. The lowest BCUT2D eigenvalue weighted by Crippen LogP contribution is -2.08. The maximum absolute atomic E-state index is 11.3. The molecule has 4 nitrogen and oxygen atoms in total. The van der Waals surface area contributed by atoms with Gasteiger partial charge in [-0.1, -0.05) is 25.7 Å². The van der Waals surface area contributed by atoms with Crippen LogP contribution in [0.4, 0.5) is 5.13 Å². The first-order valence-electron chi connectivity index (χ1n) is 7.12. The molecule has 106 valence electrons. The molecule has 1 aromatic heterocycles. The normalized spacial score (nSPS) is 15.6. The number of carbonyl (C=O) groups excluding carboxylic acids is 1. The van der Waals surface area contributed by atoms with Crippen molar-refractivity contribution in [2.24, 2.45) is 5.92 Å². The molecule has 0 radical (unpaired) electrons. The topological polar surface area (TPSA) is 51.2 Å². The van der Waals surface area contributed by atoms with Gasteiger partial charge in [-0.3, -0.25) is 4.79 Å². The number of thiazole rings is 1. The lowest BCUT2D eigenvalue weighted by atomic mass is 10.0. The third-order valence-electron chi connectivity index (χ3n) is 3.49. The standard InChI is InChI=1S/C14H22N2O2S/c1-2-18-13(17)9-12-10-19-14(16-12)15-8-7-11-5-3-4-6-11/h10-11H,2-9H2,1H3,(H,15,16). The van der Waals surface area contributed by atoms with E-state index in [2.05, 4.69) is 10.3 Å². The second-order valence-electron chi connectivity index (χ2n) is 4.99. The molecular formula is C14H22N2O2S. The van der Waals surface area contributed by atoms with E-state index in [0.29, 0.717) is 6.61 Å². The lowest BCUT2D eigenvalue weighted by molar-refractivity contribution is -0.142. The van der Waals surface area contributed by atoms with Gasteiger partial charge in [0.25, 0.3) is 0 Å². The Kier molecular flexibility index (Phi) is 5.63. The van der Waals surface area contributed by atoms with Gasteiger partial charge >= 0.3 is 5.97 Å². The highest BCUT2D eigenvalue weighted by molar-refractivity contribution is 7.13. The second-order valence-corrected chi connectivity index (χ2v) is 5.85. The molecule has 1 saturated carbocycles. The number of nitrogens with one attached hydrogen (secondary N) is 1. The van der Waals surface area contributed by atoms with Crippen molar-refractivity contribution >= 4 is 22.4 Å². The van der Waals surface area contributed by atoms with Gasteiger partial charge in [-0.15, -0.1) is 11.3 Å². The van der Waals surface area contributed by atoms with Crippen LogP contribution >= 0.6 is 11.3 Å². The first-order chi connectivity index (χ1) is 9.28. The van der Waals surface area contributed by atoms with Crippen LogP contribution in [0, 0.1) is 5.92 Å². The molecule has 1 fully saturated rings. The summed E-state index contributed by atoms with van der Waals surface area (Å²) in [6, 6.07) is 0. The average Bonchev–Trinajstić information content (AvgIpc) is 3.01. The zero-order valence-electron chi connectivity index (χ0n) is 11.5. The summed E-state index contributed by atoms with van der Waals surface area (Å²) in [5.41, 5.74) is 0.798. The molecule has 0 atom stereocenters. The minimum absolute atomic E-state index is 0.203. The maximum Gasteiger partial charge on any atom is 0.311 e. The molecule has 1 aliphatic carbocycles. The van der Waals surface area contributed by atoms with Gasteiger partial charge in [-0.25, -0.2) is 4.98 Å². The molecule has 0 aromatic carbocycles. The van der Waals surface area contributed by atoms with Gasteiger partial charge in [0.2, 0.25) is 0 Å². The molecule has 0 spiro atoms. The third-order valence-corrected chi connectivity index (χ3v) is 4.33. The minimum atomic E-state index is -0.203. The van der Waals surface area contributed by atoms with Crippen LogP contribution < -0.4 is 5.32 Å². The first kappa shape index (κ1) is 14.3. The summed E-state index contributed by atoms with van der Waals surface area (Å²) < 4.78 is 4.91. The van der Waals surface area contributed by atoms with E-state index < -0.39 is 0 Å². The SMILES string of the molecule is CCOC(=O)Cc1csc(NCCC2CCCC2)n1. The number of carbonyl (C=O) groups is 1. The van der Waals surface area contributed by atoms with Gasteiger partial charge in [-0.2, -0.15) is 0 Å². The highest BCUT2D eigenvalue weighted by atomic mass is 32.1. The molecular weight excluding hydrogens is 260 g/mol. The molecule has 0 bridgehead atoms. The Hall–Kier alpha value is -1.10. The van der Waals surface area contributed by atoms with Crippen LogP contribution in [-0.2, 0) is 16.0 Å². The monoisotopic (exact) mass is 282 g/mol. The van der Waals surface area contributed by atoms with Crippen LogP contribution in [0.3, 0.4) is 0 Å². The third kappa shape index (κ3) is 4.82. The van der Waals surface area contributed by atoms with E-state index in [1.807, 2.05) is 12.3 Å². The molecule has 0 aliphatic heterocycles. The summed E-state index contributed by atoms with van der Waals surface area (Å²) in [4.78, 5) is 15.7. The fourth-order valence-electron chi connectivity index (χ4n) is 2.51. The van der Waals surface area contributed by atoms with Crippen molar-refractivity contribution in [3.63, 3.8) is 0 Å². The Morgan fingerprint density at radius 1 is 1.53 bits per heavy atom. The molecule has 1 N–H and O–H groups in total. The van der Waals surface area contributed by atoms with Gasteiger partial charge in [0.1, 0.15) is 0 Å². The van der Waals surface area contributed by atoms with E-state index >= 15 is 0 Å². The number of hydrogen-bond donors (Lipinski definition) is 1. The van der Waals surface area contributed by atoms with Gasteiger partial charge in [0.15, 0.2) is 5.13 Å². The summed E-state index contributed by atoms with van der Waals surface area (Å²) in [6.45, 7) is 3.22. The van der Waals surface area contributed by atoms with Gasteiger partial charge in [-0.05, 0) is 19.3 Å². The molecule has 0 saturated heterocycles. The van der Waals surface area contributed by atoms with Gasteiger partial charge in [0.05, 0.1) is 18.7 Å². The van der Waals surface area contributed by atoms with Crippen LogP contribution in [0.25, 0.3) is 0 Å². The molecule has 0 unspecified atom stereocenters. The number of hydrogen-bond acceptors (Lipinski definition) is 5. The fraction of sp³-hybridized carbons (Fsp3) is 0.714. The molecule has 0 amide bonds. The molecule has 1 aliphatic rings. The van der Waals surface area contributed by atoms with E-state index in [9.17, 15) is 4.79 Å². The number of esters is 1. The fourth-order valence-corrected chi connectivity index (χ4v) is 3.25. The second kappa shape index (κ2) is 7.48. The predicted molar refractivity (Wildman–Crippen MR) is 77.5 cm³/mol. The zero-order valence-corrected chi connectivity index (χ0v) is 12.3. The smallest absolute Gasteiger partial charge is 0.311 e. The number of ether oxygens (including phenoxy) is 1. The Morgan fingerprint density at radius 3 is 3.05 bits per heavy atom. The molecule has 2 rings (SSSR count). The van der Waals surface area contributed by atoms with Crippen molar-refractivity contribution in [3.05, 3.63) is 11.1 Å². The number of aromatic nitrogens is 1.